The third-order valence-electron chi connectivity index (χ3n) is 2.99. The molecule has 0 aliphatic carbocycles. The van der Waals surface area contributed by atoms with Gasteiger partial charge in [0, 0.05) is 12.1 Å². The Morgan fingerprint density at radius 3 is 2.65 bits per heavy atom. The van der Waals surface area contributed by atoms with Gasteiger partial charge in [-0.3, -0.25) is 4.79 Å². The van der Waals surface area contributed by atoms with E-state index in [1.807, 2.05) is 45.0 Å². The molecule has 20 heavy (non-hydrogen) atoms. The average molecular weight is 269 g/mol. The molecule has 0 aliphatic rings. The summed E-state index contributed by atoms with van der Waals surface area (Å²) in [5, 5.41) is 2.78. The van der Waals surface area contributed by atoms with Crippen molar-refractivity contribution in [3.8, 4) is 11.5 Å². The van der Waals surface area contributed by atoms with Gasteiger partial charge in [-0.2, -0.15) is 0 Å². The van der Waals surface area contributed by atoms with Gasteiger partial charge in [0.2, 0.25) is 0 Å². The molecule has 0 aliphatic heterocycles. The van der Waals surface area contributed by atoms with E-state index in [1.165, 1.54) is 5.56 Å². The Balaban J connectivity index is 2.21. The van der Waals surface area contributed by atoms with Crippen LogP contribution in [0.25, 0.3) is 0 Å². The van der Waals surface area contributed by atoms with Gasteiger partial charge in [0.1, 0.15) is 11.5 Å². The molecule has 1 N–H and O–H groups in total. The summed E-state index contributed by atoms with van der Waals surface area (Å²) in [4.78, 5) is 11.8. The molecular formula is C17H19NO2. The van der Waals surface area contributed by atoms with Crippen LogP contribution in [-0.4, -0.2) is 12.5 Å². The summed E-state index contributed by atoms with van der Waals surface area (Å²) < 4.78 is 5.85. The summed E-state index contributed by atoms with van der Waals surface area (Å²) in [5.41, 5.74) is 2.88. The SMILES string of the molecule is CCNC(=O)c1cccc(Oc2ccc(C)cc2C)c1. The van der Waals surface area contributed by atoms with E-state index in [4.69, 9.17) is 4.74 Å². The molecule has 3 nitrogen and oxygen atoms in total. The zero-order valence-corrected chi connectivity index (χ0v) is 12.1. The molecule has 0 unspecified atom stereocenters. The highest BCUT2D eigenvalue weighted by molar-refractivity contribution is 5.94. The van der Waals surface area contributed by atoms with E-state index in [2.05, 4.69) is 11.4 Å². The number of hydrogen-bond donors (Lipinski definition) is 1. The first-order valence-electron chi connectivity index (χ1n) is 6.73. The van der Waals surface area contributed by atoms with Crippen LogP contribution in [0.5, 0.6) is 11.5 Å². The Labute approximate surface area is 119 Å². The Kier molecular flexibility index (Phi) is 4.41. The van der Waals surface area contributed by atoms with Crippen LogP contribution >= 0.6 is 0 Å². The summed E-state index contributed by atoms with van der Waals surface area (Å²) in [5.74, 6) is 1.39. The molecule has 0 fully saturated rings. The zero-order chi connectivity index (χ0) is 14.5. The number of benzene rings is 2. The molecule has 1 amide bonds. The van der Waals surface area contributed by atoms with Gasteiger partial charge in [-0.1, -0.05) is 23.8 Å². The van der Waals surface area contributed by atoms with Crippen LogP contribution < -0.4 is 10.1 Å². The van der Waals surface area contributed by atoms with Gasteiger partial charge >= 0.3 is 0 Å². The van der Waals surface area contributed by atoms with Crippen molar-refractivity contribution in [1.29, 1.82) is 0 Å². The van der Waals surface area contributed by atoms with Gasteiger partial charge in [0.05, 0.1) is 0 Å². The predicted molar refractivity (Wildman–Crippen MR) is 80.4 cm³/mol. The second-order valence-corrected chi connectivity index (χ2v) is 4.76. The minimum absolute atomic E-state index is 0.0846. The molecule has 2 rings (SSSR count). The van der Waals surface area contributed by atoms with Crippen LogP contribution in [0, 0.1) is 13.8 Å². The topological polar surface area (TPSA) is 38.3 Å². The van der Waals surface area contributed by atoms with E-state index in [0.29, 0.717) is 17.9 Å². The monoisotopic (exact) mass is 269 g/mol. The van der Waals surface area contributed by atoms with Crippen LogP contribution in [0.1, 0.15) is 28.4 Å². The highest BCUT2D eigenvalue weighted by Crippen LogP contribution is 2.26. The largest absolute Gasteiger partial charge is 0.457 e. The number of amides is 1. The van der Waals surface area contributed by atoms with Crippen molar-refractivity contribution in [3.05, 3.63) is 59.2 Å². The third kappa shape index (κ3) is 3.38. The first-order chi connectivity index (χ1) is 9.60. The van der Waals surface area contributed by atoms with Crippen molar-refractivity contribution in [2.75, 3.05) is 6.54 Å². The van der Waals surface area contributed by atoms with Crippen LogP contribution in [0.3, 0.4) is 0 Å². The average Bonchev–Trinajstić information content (AvgIpc) is 2.43. The van der Waals surface area contributed by atoms with Crippen molar-refractivity contribution < 1.29 is 9.53 Å². The Bertz CT molecular complexity index is 620. The molecule has 0 saturated carbocycles. The minimum Gasteiger partial charge on any atom is -0.457 e. The van der Waals surface area contributed by atoms with Gasteiger partial charge in [-0.15, -0.1) is 0 Å². The van der Waals surface area contributed by atoms with Gasteiger partial charge in [0.15, 0.2) is 0 Å². The quantitative estimate of drug-likeness (QED) is 0.915. The van der Waals surface area contributed by atoms with Crippen molar-refractivity contribution in [2.45, 2.75) is 20.8 Å². The Morgan fingerprint density at radius 1 is 1.15 bits per heavy atom. The fraction of sp³-hybridized carbons (Fsp3) is 0.235. The molecule has 2 aromatic carbocycles. The summed E-state index contributed by atoms with van der Waals surface area (Å²) in [7, 11) is 0. The lowest BCUT2D eigenvalue weighted by atomic mass is 10.1. The number of carbonyl (C=O) groups excluding carboxylic acids is 1. The zero-order valence-electron chi connectivity index (χ0n) is 12.1. The molecule has 2 aromatic rings. The maximum Gasteiger partial charge on any atom is 0.251 e. The van der Waals surface area contributed by atoms with Gasteiger partial charge in [-0.05, 0) is 50.6 Å². The Morgan fingerprint density at radius 2 is 1.95 bits per heavy atom. The second-order valence-electron chi connectivity index (χ2n) is 4.76. The van der Waals surface area contributed by atoms with Crippen molar-refractivity contribution in [2.24, 2.45) is 0 Å². The second kappa shape index (κ2) is 6.24. The smallest absolute Gasteiger partial charge is 0.251 e. The highest BCUT2D eigenvalue weighted by Gasteiger charge is 2.07. The van der Waals surface area contributed by atoms with Crippen LogP contribution in [0.4, 0.5) is 0 Å². The summed E-state index contributed by atoms with van der Waals surface area (Å²) in [6.45, 7) is 6.57. The highest BCUT2D eigenvalue weighted by atomic mass is 16.5. The number of rotatable bonds is 4. The Hall–Kier alpha value is -2.29. The van der Waals surface area contributed by atoms with E-state index in [1.54, 1.807) is 12.1 Å². The number of aryl methyl sites for hydroxylation is 2. The first-order valence-corrected chi connectivity index (χ1v) is 6.73. The van der Waals surface area contributed by atoms with Crippen molar-refractivity contribution in [1.82, 2.24) is 5.32 Å². The molecule has 104 valence electrons. The van der Waals surface area contributed by atoms with Crippen LogP contribution in [-0.2, 0) is 0 Å². The number of nitrogens with one attached hydrogen (secondary N) is 1. The first kappa shape index (κ1) is 14.1. The molecule has 0 saturated heterocycles. The maximum atomic E-state index is 11.8. The van der Waals surface area contributed by atoms with Gasteiger partial charge < -0.3 is 10.1 Å². The molecule has 3 heteroatoms. The maximum absolute atomic E-state index is 11.8. The predicted octanol–water partition coefficient (Wildman–Crippen LogP) is 3.85. The molecule has 0 spiro atoms. The number of carbonyl (C=O) groups is 1. The molecule has 0 aromatic heterocycles. The summed E-state index contributed by atoms with van der Waals surface area (Å²) in [6, 6.07) is 13.2. The normalized spacial score (nSPS) is 10.2. The van der Waals surface area contributed by atoms with E-state index < -0.39 is 0 Å². The van der Waals surface area contributed by atoms with Crippen LogP contribution in [0.2, 0.25) is 0 Å². The lowest BCUT2D eigenvalue weighted by Gasteiger charge is -2.10. The molecule has 0 heterocycles. The molecule has 0 radical (unpaired) electrons. The van der Waals surface area contributed by atoms with E-state index in [0.717, 1.165) is 11.3 Å². The van der Waals surface area contributed by atoms with Crippen molar-refractivity contribution >= 4 is 5.91 Å². The summed E-state index contributed by atoms with van der Waals surface area (Å²) in [6.07, 6.45) is 0. The fourth-order valence-electron chi connectivity index (χ4n) is 2.00. The van der Waals surface area contributed by atoms with E-state index >= 15 is 0 Å². The minimum atomic E-state index is -0.0846. The van der Waals surface area contributed by atoms with E-state index in [-0.39, 0.29) is 5.91 Å². The molecule has 0 bridgehead atoms. The van der Waals surface area contributed by atoms with Gasteiger partial charge in [0.25, 0.3) is 5.91 Å². The number of ether oxygens (including phenoxy) is 1. The molecule has 0 atom stereocenters. The summed E-state index contributed by atoms with van der Waals surface area (Å²) >= 11 is 0. The van der Waals surface area contributed by atoms with Crippen molar-refractivity contribution in [3.63, 3.8) is 0 Å². The fourth-order valence-corrected chi connectivity index (χ4v) is 2.00. The third-order valence-corrected chi connectivity index (χ3v) is 2.99. The van der Waals surface area contributed by atoms with E-state index in [9.17, 15) is 4.79 Å². The lowest BCUT2D eigenvalue weighted by molar-refractivity contribution is 0.0955. The van der Waals surface area contributed by atoms with Gasteiger partial charge in [-0.25, -0.2) is 0 Å². The standard InChI is InChI=1S/C17H19NO2/c1-4-18-17(19)14-6-5-7-15(11-14)20-16-9-8-12(2)10-13(16)3/h5-11H,4H2,1-3H3,(H,18,19). The van der Waals surface area contributed by atoms with Crippen LogP contribution in [0.15, 0.2) is 42.5 Å². The molecular weight excluding hydrogens is 250 g/mol. The lowest BCUT2D eigenvalue weighted by Crippen LogP contribution is -2.22. The number of hydrogen-bond acceptors (Lipinski definition) is 2.